The Labute approximate surface area is 874 Å². The Morgan fingerprint density at radius 2 is 0.746 bits per heavy atom. The molecule has 2 saturated heterocycles. The number of phenols is 2. The normalized spacial score (nSPS) is 15.6. The van der Waals surface area contributed by atoms with Crippen molar-refractivity contribution in [3.63, 3.8) is 0 Å². The molecular formula is C125H147Cl3N7O4PRu2-. The van der Waals surface area contributed by atoms with Gasteiger partial charge in [-0.3, -0.25) is 19.7 Å². The molecule has 749 valence electrons. The van der Waals surface area contributed by atoms with E-state index in [4.69, 9.17) is 29.1 Å². The number of aliphatic imine (C=N–C) groups is 1. The molecule has 0 aromatic heterocycles. The van der Waals surface area contributed by atoms with Crippen LogP contribution in [0.2, 0.25) is 0 Å². The van der Waals surface area contributed by atoms with Gasteiger partial charge in [-0.2, -0.15) is 13.3 Å². The second kappa shape index (κ2) is 51.0. The van der Waals surface area contributed by atoms with E-state index in [1.807, 2.05) is 56.8 Å². The van der Waals surface area contributed by atoms with Gasteiger partial charge < -0.3 is 29.8 Å². The van der Waals surface area contributed by atoms with Crippen molar-refractivity contribution in [2.45, 2.75) is 252 Å². The third kappa shape index (κ3) is 27.3. The van der Waals surface area contributed by atoms with Crippen molar-refractivity contribution in [2.24, 2.45) is 4.99 Å². The molecule has 12 aromatic carbocycles. The zero-order chi connectivity index (χ0) is 102. The van der Waals surface area contributed by atoms with Crippen LogP contribution in [-0.2, 0) is 29.2 Å². The first kappa shape index (κ1) is 109. The molecule has 0 atom stereocenters. The molecule has 19 rings (SSSR count). The third-order valence-corrected chi connectivity index (χ3v) is 38.4. The van der Waals surface area contributed by atoms with Gasteiger partial charge in [-0.15, -0.1) is 6.07 Å². The van der Waals surface area contributed by atoms with Crippen LogP contribution in [0.4, 0.5) is 39.8 Å². The molecule has 5 fully saturated rings. The van der Waals surface area contributed by atoms with Crippen molar-refractivity contribution in [2.75, 3.05) is 45.8 Å². The van der Waals surface area contributed by atoms with Gasteiger partial charge in [0.05, 0.1) is 40.1 Å². The first-order valence-electron chi connectivity index (χ1n) is 50.6. The van der Waals surface area contributed by atoms with E-state index in [1.54, 1.807) is 113 Å². The summed E-state index contributed by atoms with van der Waals surface area (Å²) in [6.45, 7) is 57.6. The number of hydrogen-bond acceptors (Lipinski definition) is 9. The second-order valence-corrected chi connectivity index (χ2v) is 51.4. The predicted molar refractivity (Wildman–Crippen MR) is 607 cm³/mol. The average molecular weight is 2150 g/mol. The number of aromatic hydroxyl groups is 2. The summed E-state index contributed by atoms with van der Waals surface area (Å²) in [6.07, 6.45) is 29.7. The number of allylic oxidation sites excluding steroid dienone is 2. The number of anilines is 4. The van der Waals surface area contributed by atoms with Crippen LogP contribution in [0.3, 0.4) is 0 Å². The number of nitro benzene ring substituents is 1. The van der Waals surface area contributed by atoms with Crippen LogP contribution in [0.25, 0.3) is 11.1 Å². The fourth-order valence-corrected chi connectivity index (χ4v) is 32.0. The Balaban J connectivity index is 0.000000139. The van der Waals surface area contributed by atoms with E-state index in [0.29, 0.717) is 5.56 Å². The van der Waals surface area contributed by atoms with Gasteiger partial charge in [0.2, 0.25) is 0 Å². The maximum absolute atomic E-state index is 10.7. The number of halogens is 3. The predicted octanol–water partition coefficient (Wildman–Crippen LogP) is 33.1. The van der Waals surface area contributed by atoms with E-state index in [2.05, 4.69) is 327 Å². The zero-order valence-corrected chi connectivity index (χ0v) is 94.0. The fraction of sp³-hybridized carbons (Fsp3) is 0.336. The average Bonchev–Trinajstić information content (AvgIpc) is 1.61. The molecule has 0 radical (unpaired) electrons. The van der Waals surface area contributed by atoms with Crippen molar-refractivity contribution >= 4 is 109 Å². The molecular weight excluding hydrogens is 2000 g/mol. The Bertz CT molecular complexity index is 6280. The molecule has 0 bridgehead atoms. The van der Waals surface area contributed by atoms with E-state index in [9.17, 15) is 20.3 Å². The van der Waals surface area contributed by atoms with Gasteiger partial charge in [0.1, 0.15) is 12.3 Å². The van der Waals surface area contributed by atoms with Crippen LogP contribution in [0.5, 0.6) is 11.5 Å². The van der Waals surface area contributed by atoms with E-state index in [0.717, 1.165) is 69.5 Å². The Morgan fingerprint density at radius 1 is 0.408 bits per heavy atom. The monoisotopic (exact) mass is 2150 g/mol. The van der Waals surface area contributed by atoms with Crippen LogP contribution >= 0.6 is 37.0 Å². The SMILES string of the molecule is C1CCC([PH+](C2CCCCC2)C2CCCCC2)CC1.C=[N+]([CH-]c1ccccc1O)c1c(C)cccc1C.Cc1cc(C)c(N2[CH-]N(c3c(C)cc(C)cc3C)CC2)c(C)c1.Cc1cc(C)c(N2[CH-]N(c3c(C)cc(C)cc3C)CC2)c(C)c1.Cc1cccc(C)c1N=Cc1cc([N+](=O)[O-])ccc1O.Cc1ccccc1C1=C[C](=[Ru]([Cl])[Cl])c2cccc(C)c21.Cc1ccccc1C1=C[C](=[Ru][Cl])c2cccc(C)c21. The molecule has 5 aliphatic carbocycles. The molecule has 2 heterocycles. The van der Waals surface area contributed by atoms with Gasteiger partial charge in [-0.25, -0.2) is 0 Å². The number of nitro groups is 1. The molecule has 0 amide bonds. The van der Waals surface area contributed by atoms with Gasteiger partial charge in [-0.1, -0.05) is 145 Å². The summed E-state index contributed by atoms with van der Waals surface area (Å²) in [5.41, 5.74) is 48.1. The molecule has 17 heteroatoms. The molecule has 2 aliphatic heterocycles. The van der Waals surface area contributed by atoms with Crippen molar-refractivity contribution in [1.82, 2.24) is 0 Å². The first-order chi connectivity index (χ1) is 68.1. The van der Waals surface area contributed by atoms with Crippen molar-refractivity contribution < 1.29 is 48.9 Å². The number of para-hydroxylation sites is 3. The molecule has 142 heavy (non-hydrogen) atoms. The quantitative estimate of drug-likeness (QED) is 0.0199. The number of fused-ring (bicyclic) bond motifs is 2. The molecule has 0 spiro atoms. The molecule has 0 unspecified atom stereocenters. The third-order valence-electron chi connectivity index (χ3n) is 28.8. The molecule has 3 saturated carbocycles. The Kier molecular flexibility index (Phi) is 39.2. The fourth-order valence-electron chi connectivity index (χ4n) is 22.8. The number of phenolic OH excluding ortho intramolecular Hbond substituents is 2. The summed E-state index contributed by atoms with van der Waals surface area (Å²) in [4.78, 5) is 24.2. The summed E-state index contributed by atoms with van der Waals surface area (Å²) in [5.74, 6) is 0.225. The zero-order valence-electron chi connectivity index (χ0n) is 87.2. The van der Waals surface area contributed by atoms with Crippen molar-refractivity contribution in [1.29, 1.82) is 0 Å². The van der Waals surface area contributed by atoms with Gasteiger partial charge in [0.15, 0.2) is 5.69 Å². The van der Waals surface area contributed by atoms with E-state index in [1.165, 1.54) is 202 Å². The minimum atomic E-state index is -1.92. The van der Waals surface area contributed by atoms with E-state index < -0.39 is 18.4 Å². The van der Waals surface area contributed by atoms with Crippen molar-refractivity contribution in [3.8, 4) is 11.5 Å². The maximum atomic E-state index is 10.7. The van der Waals surface area contributed by atoms with Crippen LogP contribution < -0.4 is 19.6 Å². The Morgan fingerprint density at radius 3 is 1.13 bits per heavy atom. The Hall–Kier alpha value is -10.2. The second-order valence-electron chi connectivity index (χ2n) is 40.1. The molecule has 11 nitrogen and oxygen atoms in total. The molecule has 12 aromatic rings. The van der Waals surface area contributed by atoms with Gasteiger partial charge in [0.25, 0.3) is 5.69 Å². The summed E-state index contributed by atoms with van der Waals surface area (Å²) in [5, 5.41) is 30.2. The van der Waals surface area contributed by atoms with Gasteiger partial charge in [-0.05, 0) is 266 Å². The number of benzene rings is 12. The number of aryl methyl sites for hydroxylation is 20. The number of rotatable bonds is 15. The molecule has 7 aliphatic rings. The van der Waals surface area contributed by atoms with Crippen LogP contribution in [0.1, 0.15) is 252 Å². The summed E-state index contributed by atoms with van der Waals surface area (Å²) in [7, 11) is 18.7. The van der Waals surface area contributed by atoms with E-state index in [-0.39, 0.29) is 40.8 Å². The van der Waals surface area contributed by atoms with Gasteiger partial charge >= 0.3 is 258 Å². The van der Waals surface area contributed by atoms with Crippen LogP contribution in [-0.4, -0.2) is 84.0 Å². The number of nitrogens with zero attached hydrogens (tertiary/aromatic N) is 7. The molecule has 2 N–H and O–H groups in total. The number of hydrogen-bond donors (Lipinski definition) is 2. The summed E-state index contributed by atoms with van der Waals surface area (Å²) < 4.78 is 4.25. The first-order valence-corrected chi connectivity index (χ1v) is 60.8. The van der Waals surface area contributed by atoms with Gasteiger partial charge in [0, 0.05) is 80.8 Å². The van der Waals surface area contributed by atoms with Crippen molar-refractivity contribution in [3.05, 3.63) is 410 Å². The summed E-state index contributed by atoms with van der Waals surface area (Å²) in [6, 6.07) is 71.1. The standard InChI is InChI=1S/2C21H27N2.C18H33P.2C17H14.C16H17NO.C15H14N2O3.3ClH.2Ru/c2*1-14-9-16(3)20(17(4)10-14)22-7-8-23(13-22)21-18(5)11-15(2)12-19(21)6;1-4-10-16(11-5-1)19(17-12-6-2-7-13-17)18-14-8-3-9-15-18;2*1-12-6-3-4-9-15(12)16-11-10-14-8-5-7-13(2)17(14)16;1-12-7-6-8-13(2)16(12)17(3)11-14-9-4-5-10-15(14)18;1-10-4-3-5-11(2)15(10)16-9-12-8-13(17(19)20)6-7-14(12)18;;;;;/h2*9-13H,7-8H2,1-6H3;16-18H,1-15H2;2*3-9,11H,1-2H3;4-11,18H,3H2,1-2H3;3-9,18H,1-2H3;3*1H;;/q2*-1;;;;;;;;;+1;+2/p-2. The topological polar surface area (TPSA) is 112 Å². The number of non-ortho nitro benzene ring substituents is 1. The van der Waals surface area contributed by atoms with Crippen LogP contribution in [0.15, 0.2) is 229 Å². The van der Waals surface area contributed by atoms with Crippen LogP contribution in [0, 0.1) is 168 Å². The summed E-state index contributed by atoms with van der Waals surface area (Å²) >= 11 is -2.15. The minimum absolute atomic E-state index is 0.0365. The van der Waals surface area contributed by atoms with E-state index >= 15 is 0 Å².